The van der Waals surface area contributed by atoms with Crippen molar-refractivity contribution in [3.05, 3.63) is 12.3 Å². The molecule has 0 unspecified atom stereocenters. The van der Waals surface area contributed by atoms with Crippen molar-refractivity contribution in [2.24, 2.45) is 5.92 Å². The number of sulfonamides is 1. The van der Waals surface area contributed by atoms with E-state index in [0.29, 0.717) is 19.0 Å². The molecule has 0 aliphatic carbocycles. The number of nitrogens with zero attached hydrogens (tertiary/aromatic N) is 2. The predicted octanol–water partition coefficient (Wildman–Crippen LogP) is 0.420. The number of hydrogen-bond acceptors (Lipinski definition) is 4. The van der Waals surface area contributed by atoms with Crippen molar-refractivity contribution in [2.75, 3.05) is 26.2 Å². The first kappa shape index (κ1) is 13.5. The number of piperidine rings is 1. The molecule has 1 aliphatic heterocycles. The monoisotopic (exact) mass is 272 g/mol. The molecule has 0 bridgehead atoms. The van der Waals surface area contributed by atoms with Gasteiger partial charge >= 0.3 is 0 Å². The number of rotatable bonds is 5. The van der Waals surface area contributed by atoms with Gasteiger partial charge in [-0.1, -0.05) is 6.92 Å². The van der Waals surface area contributed by atoms with Crippen molar-refractivity contribution in [3.63, 3.8) is 0 Å². The Morgan fingerprint density at radius 3 is 2.78 bits per heavy atom. The molecule has 2 heterocycles. The average molecular weight is 272 g/mol. The van der Waals surface area contributed by atoms with Gasteiger partial charge in [0.1, 0.15) is 0 Å². The van der Waals surface area contributed by atoms with Gasteiger partial charge in [0.25, 0.3) is 10.0 Å². The van der Waals surface area contributed by atoms with E-state index in [1.807, 2.05) is 0 Å². The second-order valence-electron chi connectivity index (χ2n) is 4.58. The molecule has 7 heteroatoms. The van der Waals surface area contributed by atoms with Crippen LogP contribution >= 0.6 is 0 Å². The smallest absolute Gasteiger partial charge is 0.259 e. The van der Waals surface area contributed by atoms with Crippen LogP contribution < -0.4 is 5.32 Å². The first-order valence-corrected chi connectivity index (χ1v) is 7.79. The number of aromatic amines is 1. The molecule has 18 heavy (non-hydrogen) atoms. The second kappa shape index (κ2) is 5.81. The van der Waals surface area contributed by atoms with E-state index in [-0.39, 0.29) is 5.03 Å². The highest BCUT2D eigenvalue weighted by Gasteiger charge is 2.29. The van der Waals surface area contributed by atoms with Gasteiger partial charge in [0.2, 0.25) is 0 Å². The van der Waals surface area contributed by atoms with Crippen LogP contribution in [0.3, 0.4) is 0 Å². The average Bonchev–Trinajstić information content (AvgIpc) is 2.91. The van der Waals surface area contributed by atoms with Crippen LogP contribution in [0.4, 0.5) is 0 Å². The van der Waals surface area contributed by atoms with Gasteiger partial charge < -0.3 is 5.32 Å². The molecular formula is C11H20N4O2S. The minimum absolute atomic E-state index is 0.188. The third-order valence-electron chi connectivity index (χ3n) is 3.35. The summed E-state index contributed by atoms with van der Waals surface area (Å²) in [5.41, 5.74) is 0. The van der Waals surface area contributed by atoms with Crippen molar-refractivity contribution in [1.29, 1.82) is 0 Å². The Balaban J connectivity index is 1.94. The molecule has 0 amide bonds. The Labute approximate surface area is 108 Å². The van der Waals surface area contributed by atoms with Crippen LogP contribution in [-0.4, -0.2) is 49.1 Å². The molecule has 1 aromatic rings. The zero-order valence-electron chi connectivity index (χ0n) is 10.6. The molecule has 6 nitrogen and oxygen atoms in total. The normalized spacial score (nSPS) is 19.2. The lowest BCUT2D eigenvalue weighted by molar-refractivity contribution is 0.268. The zero-order valence-corrected chi connectivity index (χ0v) is 11.4. The Morgan fingerprint density at radius 1 is 1.50 bits per heavy atom. The summed E-state index contributed by atoms with van der Waals surface area (Å²) in [7, 11) is -3.37. The molecule has 102 valence electrons. The fourth-order valence-electron chi connectivity index (χ4n) is 2.23. The van der Waals surface area contributed by atoms with E-state index in [4.69, 9.17) is 0 Å². The molecule has 0 aromatic carbocycles. The van der Waals surface area contributed by atoms with Crippen molar-refractivity contribution in [3.8, 4) is 0 Å². The molecule has 0 radical (unpaired) electrons. The molecule has 1 aliphatic rings. The van der Waals surface area contributed by atoms with Gasteiger partial charge in [-0.2, -0.15) is 9.40 Å². The van der Waals surface area contributed by atoms with Crippen LogP contribution in [0.2, 0.25) is 0 Å². The maximum absolute atomic E-state index is 12.2. The van der Waals surface area contributed by atoms with Gasteiger partial charge in [0, 0.05) is 13.1 Å². The number of H-pyrrole nitrogens is 1. The molecule has 2 N–H and O–H groups in total. The summed E-state index contributed by atoms with van der Waals surface area (Å²) in [6, 6.07) is 1.50. The largest absolute Gasteiger partial charge is 0.317 e. The molecule has 2 rings (SSSR count). The van der Waals surface area contributed by atoms with E-state index in [0.717, 1.165) is 25.9 Å². The van der Waals surface area contributed by atoms with Gasteiger partial charge in [-0.15, -0.1) is 0 Å². The van der Waals surface area contributed by atoms with Gasteiger partial charge in [-0.05, 0) is 37.9 Å². The van der Waals surface area contributed by atoms with Gasteiger partial charge in [0.05, 0.1) is 6.20 Å². The third-order valence-corrected chi connectivity index (χ3v) is 5.18. The van der Waals surface area contributed by atoms with E-state index in [1.54, 1.807) is 4.31 Å². The number of nitrogens with one attached hydrogen (secondary N) is 2. The lowest BCUT2D eigenvalue weighted by Crippen LogP contribution is -2.40. The van der Waals surface area contributed by atoms with Crippen LogP contribution in [-0.2, 0) is 10.0 Å². The van der Waals surface area contributed by atoms with E-state index < -0.39 is 10.0 Å². The Bertz CT molecular complexity index is 449. The van der Waals surface area contributed by atoms with Crippen LogP contribution in [0.1, 0.15) is 19.8 Å². The molecule has 0 atom stereocenters. The van der Waals surface area contributed by atoms with Crippen LogP contribution in [0, 0.1) is 5.92 Å². The van der Waals surface area contributed by atoms with E-state index >= 15 is 0 Å². The highest BCUT2D eigenvalue weighted by Crippen LogP contribution is 2.22. The maximum Gasteiger partial charge on any atom is 0.259 e. The summed E-state index contributed by atoms with van der Waals surface area (Å²) in [4.78, 5) is 0. The first-order valence-electron chi connectivity index (χ1n) is 6.35. The van der Waals surface area contributed by atoms with Gasteiger partial charge in [-0.3, -0.25) is 5.10 Å². The van der Waals surface area contributed by atoms with Crippen molar-refractivity contribution < 1.29 is 8.42 Å². The summed E-state index contributed by atoms with van der Waals surface area (Å²) in [6.07, 6.45) is 3.30. The summed E-state index contributed by atoms with van der Waals surface area (Å²) in [5.74, 6) is 0.582. The molecule has 1 saturated heterocycles. The number of aromatic nitrogens is 2. The SMILES string of the molecule is CCNCC1CCN(S(=O)(=O)c2ccn[nH]2)CC1. The fourth-order valence-corrected chi connectivity index (χ4v) is 3.60. The summed E-state index contributed by atoms with van der Waals surface area (Å²) >= 11 is 0. The lowest BCUT2D eigenvalue weighted by Gasteiger charge is -2.30. The number of hydrogen-bond donors (Lipinski definition) is 2. The Morgan fingerprint density at radius 2 is 2.22 bits per heavy atom. The van der Waals surface area contributed by atoms with E-state index in [1.165, 1.54) is 12.3 Å². The zero-order chi connectivity index (χ0) is 13.0. The summed E-state index contributed by atoms with van der Waals surface area (Å²) in [6.45, 7) is 5.22. The van der Waals surface area contributed by atoms with Crippen molar-refractivity contribution in [2.45, 2.75) is 24.8 Å². The topological polar surface area (TPSA) is 78.1 Å². The standard InChI is InChI=1S/C11H20N4O2S/c1-2-12-9-10-4-7-15(8-5-10)18(16,17)11-3-6-13-14-11/h3,6,10,12H,2,4-5,7-9H2,1H3,(H,13,14). The third kappa shape index (κ3) is 2.90. The predicted molar refractivity (Wildman–Crippen MR) is 68.6 cm³/mol. The van der Waals surface area contributed by atoms with Crippen molar-refractivity contribution in [1.82, 2.24) is 19.8 Å². The van der Waals surface area contributed by atoms with Crippen LogP contribution in [0.15, 0.2) is 17.3 Å². The molecule has 0 saturated carbocycles. The highest BCUT2D eigenvalue weighted by atomic mass is 32.2. The molecule has 1 aromatic heterocycles. The fraction of sp³-hybridized carbons (Fsp3) is 0.727. The maximum atomic E-state index is 12.2. The lowest BCUT2D eigenvalue weighted by atomic mass is 9.98. The summed E-state index contributed by atoms with van der Waals surface area (Å²) in [5, 5.41) is 9.73. The van der Waals surface area contributed by atoms with Crippen LogP contribution in [0.5, 0.6) is 0 Å². The first-order chi connectivity index (χ1) is 8.64. The Kier molecular flexibility index (Phi) is 4.36. The molecule has 0 spiro atoms. The van der Waals surface area contributed by atoms with E-state index in [9.17, 15) is 8.42 Å². The summed E-state index contributed by atoms with van der Waals surface area (Å²) < 4.78 is 26.0. The molecular weight excluding hydrogens is 252 g/mol. The molecule has 1 fully saturated rings. The van der Waals surface area contributed by atoms with Gasteiger partial charge in [0.15, 0.2) is 5.03 Å². The van der Waals surface area contributed by atoms with E-state index in [2.05, 4.69) is 22.4 Å². The minimum Gasteiger partial charge on any atom is -0.317 e. The van der Waals surface area contributed by atoms with Crippen LogP contribution in [0.25, 0.3) is 0 Å². The minimum atomic E-state index is -3.37. The highest BCUT2D eigenvalue weighted by molar-refractivity contribution is 7.89. The van der Waals surface area contributed by atoms with Gasteiger partial charge in [-0.25, -0.2) is 8.42 Å². The Hall–Kier alpha value is -0.920. The second-order valence-corrected chi connectivity index (χ2v) is 6.48. The quantitative estimate of drug-likeness (QED) is 0.814. The van der Waals surface area contributed by atoms with Crippen molar-refractivity contribution >= 4 is 10.0 Å².